The predicted octanol–water partition coefficient (Wildman–Crippen LogP) is 4.96. The van der Waals surface area contributed by atoms with Gasteiger partial charge in [0.1, 0.15) is 0 Å². The summed E-state index contributed by atoms with van der Waals surface area (Å²) in [7, 11) is 3.22. The molecule has 0 fully saturated rings. The van der Waals surface area contributed by atoms with Crippen molar-refractivity contribution in [3.05, 3.63) is 48.0 Å². The fourth-order valence-electron chi connectivity index (χ4n) is 2.49. The van der Waals surface area contributed by atoms with E-state index in [-0.39, 0.29) is 10.8 Å². The molecule has 2 rings (SSSR count). The van der Waals surface area contributed by atoms with Gasteiger partial charge in [0.25, 0.3) is 0 Å². The number of carbonyl (C=O) groups is 1. The van der Waals surface area contributed by atoms with E-state index in [1.54, 1.807) is 26.0 Å². The van der Waals surface area contributed by atoms with E-state index in [0.29, 0.717) is 24.5 Å². The van der Waals surface area contributed by atoms with Gasteiger partial charge in [-0.2, -0.15) is 0 Å². The maximum atomic E-state index is 12.1. The molecule has 0 spiro atoms. The predicted molar refractivity (Wildman–Crippen MR) is 112 cm³/mol. The highest BCUT2D eigenvalue weighted by Gasteiger charge is 2.12. The minimum atomic E-state index is -0.216. The molecule has 0 unspecified atom stereocenters. The van der Waals surface area contributed by atoms with Crippen LogP contribution in [-0.2, 0) is 6.42 Å². The molecule has 6 heteroatoms. The zero-order chi connectivity index (χ0) is 19.9. The van der Waals surface area contributed by atoms with Crippen molar-refractivity contribution < 1.29 is 14.3 Å². The normalized spacial score (nSPS) is 11.0. The first kappa shape index (κ1) is 21.0. The molecule has 0 saturated carbocycles. The van der Waals surface area contributed by atoms with Crippen molar-refractivity contribution in [3.8, 4) is 11.5 Å². The summed E-state index contributed by atoms with van der Waals surface area (Å²) >= 11 is 1.80. The quantitative estimate of drug-likeness (QED) is 0.658. The van der Waals surface area contributed by atoms with E-state index in [0.717, 1.165) is 11.3 Å². The summed E-state index contributed by atoms with van der Waals surface area (Å²) in [5, 5.41) is 5.73. The van der Waals surface area contributed by atoms with Crippen molar-refractivity contribution in [1.29, 1.82) is 0 Å². The second-order valence-electron chi connectivity index (χ2n) is 7.06. The monoisotopic (exact) mass is 388 g/mol. The number of anilines is 1. The number of rotatable bonds is 7. The average molecular weight is 389 g/mol. The summed E-state index contributed by atoms with van der Waals surface area (Å²) in [6, 6.07) is 13.4. The average Bonchev–Trinajstić information content (AvgIpc) is 2.62. The number of amides is 2. The summed E-state index contributed by atoms with van der Waals surface area (Å²) in [4.78, 5) is 13.3. The molecule has 0 radical (unpaired) electrons. The van der Waals surface area contributed by atoms with Gasteiger partial charge in [0.05, 0.1) is 14.2 Å². The third-order valence-corrected chi connectivity index (χ3v) is 4.80. The minimum Gasteiger partial charge on any atom is -0.493 e. The number of carbonyl (C=O) groups excluding carboxylic acids is 1. The molecule has 2 N–H and O–H groups in total. The van der Waals surface area contributed by atoms with Crippen molar-refractivity contribution in [2.24, 2.45) is 0 Å². The third-order valence-electron chi connectivity index (χ3n) is 3.68. The lowest BCUT2D eigenvalue weighted by Gasteiger charge is -2.17. The van der Waals surface area contributed by atoms with Crippen LogP contribution in [0.2, 0.25) is 0 Å². The molecule has 2 aromatic carbocycles. The first-order valence-electron chi connectivity index (χ1n) is 8.85. The van der Waals surface area contributed by atoms with Gasteiger partial charge in [0.2, 0.25) is 0 Å². The lowest BCUT2D eigenvalue weighted by molar-refractivity contribution is 0.252. The molecule has 0 aliphatic carbocycles. The highest BCUT2D eigenvalue weighted by atomic mass is 32.2. The van der Waals surface area contributed by atoms with Crippen molar-refractivity contribution in [1.82, 2.24) is 5.32 Å². The second kappa shape index (κ2) is 9.55. The fourth-order valence-corrected chi connectivity index (χ4v) is 3.47. The zero-order valence-electron chi connectivity index (χ0n) is 16.6. The van der Waals surface area contributed by atoms with Crippen molar-refractivity contribution >= 4 is 23.5 Å². The van der Waals surface area contributed by atoms with Gasteiger partial charge in [-0.15, -0.1) is 11.8 Å². The molecule has 2 aromatic rings. The SMILES string of the molecule is COc1ccc(CCNC(=O)Nc2ccc(SC(C)(C)C)cc2)cc1OC. The van der Waals surface area contributed by atoms with Gasteiger partial charge in [-0.05, 0) is 48.4 Å². The highest BCUT2D eigenvalue weighted by Crippen LogP contribution is 2.32. The van der Waals surface area contributed by atoms with E-state index in [1.807, 2.05) is 42.5 Å². The molecule has 0 aliphatic rings. The van der Waals surface area contributed by atoms with Crippen LogP contribution in [0.3, 0.4) is 0 Å². The standard InChI is InChI=1S/C21H28N2O3S/c1-21(2,3)27-17-9-7-16(8-10-17)23-20(24)22-13-12-15-6-11-18(25-4)19(14-15)26-5/h6-11,14H,12-13H2,1-5H3,(H2,22,23,24). The summed E-state index contributed by atoms with van der Waals surface area (Å²) in [6.07, 6.45) is 0.703. The van der Waals surface area contributed by atoms with E-state index in [1.165, 1.54) is 4.90 Å². The number of urea groups is 1. The summed E-state index contributed by atoms with van der Waals surface area (Å²) in [5.41, 5.74) is 1.84. The molecule has 27 heavy (non-hydrogen) atoms. The van der Waals surface area contributed by atoms with Gasteiger partial charge < -0.3 is 20.1 Å². The maximum Gasteiger partial charge on any atom is 0.319 e. The molecule has 0 atom stereocenters. The molecular formula is C21H28N2O3S. The van der Waals surface area contributed by atoms with Gasteiger partial charge in [0.15, 0.2) is 11.5 Å². The fraction of sp³-hybridized carbons (Fsp3) is 0.381. The lowest BCUT2D eigenvalue weighted by atomic mass is 10.1. The zero-order valence-corrected chi connectivity index (χ0v) is 17.4. The van der Waals surface area contributed by atoms with E-state index in [4.69, 9.17) is 9.47 Å². The van der Waals surface area contributed by atoms with Gasteiger partial charge in [-0.1, -0.05) is 26.8 Å². The van der Waals surface area contributed by atoms with Crippen molar-refractivity contribution in [2.45, 2.75) is 36.8 Å². The van der Waals surface area contributed by atoms with E-state index in [9.17, 15) is 4.79 Å². The first-order chi connectivity index (χ1) is 12.8. The van der Waals surface area contributed by atoms with Crippen LogP contribution in [0.15, 0.2) is 47.4 Å². The maximum absolute atomic E-state index is 12.1. The Labute approximate surface area is 165 Å². The van der Waals surface area contributed by atoms with Gasteiger partial charge in [0, 0.05) is 21.9 Å². The molecule has 0 saturated heterocycles. The number of thioether (sulfide) groups is 1. The van der Waals surface area contributed by atoms with Crippen LogP contribution in [-0.4, -0.2) is 31.5 Å². The van der Waals surface area contributed by atoms with Crippen LogP contribution < -0.4 is 20.1 Å². The van der Waals surface area contributed by atoms with Crippen LogP contribution in [0.25, 0.3) is 0 Å². The van der Waals surface area contributed by atoms with E-state index in [2.05, 4.69) is 31.4 Å². The Hall–Kier alpha value is -2.34. The lowest BCUT2D eigenvalue weighted by Crippen LogP contribution is -2.30. The second-order valence-corrected chi connectivity index (χ2v) is 8.96. The smallest absolute Gasteiger partial charge is 0.319 e. The molecule has 2 amide bonds. The third kappa shape index (κ3) is 7.06. The van der Waals surface area contributed by atoms with Gasteiger partial charge in [-0.25, -0.2) is 4.79 Å². The molecule has 146 valence electrons. The topological polar surface area (TPSA) is 59.6 Å². The van der Waals surface area contributed by atoms with Crippen LogP contribution in [0.4, 0.5) is 10.5 Å². The summed E-state index contributed by atoms with van der Waals surface area (Å²) in [6.45, 7) is 7.06. The Morgan fingerprint density at radius 1 is 1.00 bits per heavy atom. The van der Waals surface area contributed by atoms with Gasteiger partial charge in [-0.3, -0.25) is 0 Å². The largest absolute Gasteiger partial charge is 0.493 e. The Morgan fingerprint density at radius 2 is 1.67 bits per heavy atom. The number of ether oxygens (including phenoxy) is 2. The Kier molecular flexibility index (Phi) is 7.42. The minimum absolute atomic E-state index is 0.163. The van der Waals surface area contributed by atoms with Crippen LogP contribution >= 0.6 is 11.8 Å². The number of methoxy groups -OCH3 is 2. The summed E-state index contributed by atoms with van der Waals surface area (Å²) in [5.74, 6) is 1.38. The van der Waals surface area contributed by atoms with Gasteiger partial charge >= 0.3 is 6.03 Å². The highest BCUT2D eigenvalue weighted by molar-refractivity contribution is 8.00. The Bertz CT molecular complexity index is 755. The van der Waals surface area contributed by atoms with E-state index >= 15 is 0 Å². The van der Waals surface area contributed by atoms with Crippen LogP contribution in [0, 0.1) is 0 Å². The molecule has 0 heterocycles. The van der Waals surface area contributed by atoms with Crippen LogP contribution in [0.5, 0.6) is 11.5 Å². The Balaban J connectivity index is 1.81. The first-order valence-corrected chi connectivity index (χ1v) is 9.67. The summed E-state index contributed by atoms with van der Waals surface area (Å²) < 4.78 is 10.7. The number of nitrogens with one attached hydrogen (secondary N) is 2. The number of benzene rings is 2. The molecule has 5 nitrogen and oxygen atoms in total. The molecule has 0 bridgehead atoms. The number of hydrogen-bond donors (Lipinski definition) is 2. The molecule has 0 aromatic heterocycles. The van der Waals surface area contributed by atoms with E-state index < -0.39 is 0 Å². The van der Waals surface area contributed by atoms with Crippen LogP contribution in [0.1, 0.15) is 26.3 Å². The van der Waals surface area contributed by atoms with Crippen molar-refractivity contribution in [3.63, 3.8) is 0 Å². The Morgan fingerprint density at radius 3 is 2.26 bits per heavy atom. The van der Waals surface area contributed by atoms with Crippen molar-refractivity contribution in [2.75, 3.05) is 26.1 Å². The molecule has 0 aliphatic heterocycles. The number of hydrogen-bond acceptors (Lipinski definition) is 4. The molecular weight excluding hydrogens is 360 g/mol.